The first-order chi connectivity index (χ1) is 11.6. The lowest BCUT2D eigenvalue weighted by molar-refractivity contribution is -0.689. The molecule has 3 rings (SSSR count). The maximum atomic E-state index is 12.4. The number of hydrogen-bond donors (Lipinski definition) is 0. The number of benzene rings is 2. The van der Waals surface area contributed by atoms with Crippen LogP contribution in [0.2, 0.25) is 0 Å². The highest BCUT2D eigenvalue weighted by Gasteiger charge is 2.19. The summed E-state index contributed by atoms with van der Waals surface area (Å²) in [6.45, 7) is 2.11. The number of pyridine rings is 1. The molecule has 0 saturated heterocycles. The van der Waals surface area contributed by atoms with Crippen molar-refractivity contribution in [2.24, 2.45) is 5.10 Å². The molecule has 0 fully saturated rings. The Balaban J connectivity index is 1.97. The monoisotopic (exact) mass is 380 g/mol. The normalized spacial score (nSPS) is 12.8. The van der Waals surface area contributed by atoms with Gasteiger partial charge in [0.1, 0.15) is 0 Å². The van der Waals surface area contributed by atoms with Crippen LogP contribution in [0.1, 0.15) is 29.7 Å². The summed E-state index contributed by atoms with van der Waals surface area (Å²) in [6.07, 6.45) is 1.81. The summed E-state index contributed by atoms with van der Waals surface area (Å²) < 4.78 is 2.71. The maximum absolute atomic E-state index is 12.4. The molecular weight excluding hydrogens is 364 g/mol. The van der Waals surface area contributed by atoms with E-state index in [4.69, 9.17) is 0 Å². The first-order valence-corrected chi connectivity index (χ1v) is 8.52. The van der Waals surface area contributed by atoms with E-state index in [0.717, 1.165) is 10.2 Å². The summed E-state index contributed by atoms with van der Waals surface area (Å²) in [7, 11) is 0. The summed E-state index contributed by atoms with van der Waals surface area (Å²) >= 11 is 3.46. The fourth-order valence-electron chi connectivity index (χ4n) is 2.54. The fourth-order valence-corrected chi connectivity index (χ4v) is 2.80. The van der Waals surface area contributed by atoms with E-state index in [-0.39, 0.29) is 11.8 Å². The van der Waals surface area contributed by atoms with Gasteiger partial charge in [-0.15, -0.1) is 0 Å². The molecule has 0 radical (unpaired) electrons. The van der Waals surface area contributed by atoms with Gasteiger partial charge in [0.2, 0.25) is 11.9 Å². The quantitative estimate of drug-likeness (QED) is 0.388. The minimum atomic E-state index is -0.254. The van der Waals surface area contributed by atoms with Crippen LogP contribution in [0.25, 0.3) is 0 Å². The molecule has 0 amide bonds. The third-order valence-electron chi connectivity index (χ3n) is 3.90. The summed E-state index contributed by atoms with van der Waals surface area (Å²) in [6, 6.07) is 23.1. The van der Waals surface area contributed by atoms with Crippen LogP contribution in [0.15, 0.2) is 88.6 Å². The van der Waals surface area contributed by atoms with E-state index in [2.05, 4.69) is 40.1 Å². The molecular formula is C20H17BrN2O. The first-order valence-electron chi connectivity index (χ1n) is 7.72. The lowest BCUT2D eigenvalue weighted by atomic mass is 9.97. The van der Waals surface area contributed by atoms with Crippen molar-refractivity contribution in [1.82, 2.24) is 0 Å². The van der Waals surface area contributed by atoms with E-state index in [0.29, 0.717) is 5.56 Å². The first kappa shape index (κ1) is 16.4. The van der Waals surface area contributed by atoms with Crippen molar-refractivity contribution < 1.29 is 9.78 Å². The highest BCUT2D eigenvalue weighted by atomic mass is 79.9. The summed E-state index contributed by atoms with van der Waals surface area (Å²) in [5, 5.41) is 16.6. The second-order valence-corrected chi connectivity index (χ2v) is 6.43. The summed E-state index contributed by atoms with van der Waals surface area (Å²) in [4.78, 5) is 0. The van der Waals surface area contributed by atoms with Crippen LogP contribution in [0.5, 0.6) is 0 Å². The minimum absolute atomic E-state index is 0.117. The van der Waals surface area contributed by atoms with Crippen LogP contribution < -0.4 is 9.78 Å². The highest BCUT2D eigenvalue weighted by molar-refractivity contribution is 9.10. The van der Waals surface area contributed by atoms with Crippen molar-refractivity contribution in [3.63, 3.8) is 0 Å². The van der Waals surface area contributed by atoms with Gasteiger partial charge in [0.15, 0.2) is 0 Å². The SMILES string of the molecule is CC(c1ccc(Br)cc1)c1cccc[n+]1/N=C(\[O-])c1ccccc1. The zero-order valence-electron chi connectivity index (χ0n) is 13.3. The summed E-state index contributed by atoms with van der Waals surface area (Å²) in [5.74, 6) is -0.136. The smallest absolute Gasteiger partial charge is 0.221 e. The van der Waals surface area contributed by atoms with Crippen LogP contribution in [-0.2, 0) is 0 Å². The third kappa shape index (κ3) is 3.71. The Hall–Kier alpha value is -2.46. The van der Waals surface area contributed by atoms with Crippen LogP contribution >= 0.6 is 15.9 Å². The van der Waals surface area contributed by atoms with E-state index in [1.54, 1.807) is 16.8 Å². The van der Waals surface area contributed by atoms with Crippen molar-refractivity contribution in [1.29, 1.82) is 0 Å². The van der Waals surface area contributed by atoms with Crippen LogP contribution in [0, 0.1) is 0 Å². The van der Waals surface area contributed by atoms with E-state index in [1.165, 1.54) is 5.56 Å². The highest BCUT2D eigenvalue weighted by Crippen LogP contribution is 2.23. The zero-order valence-corrected chi connectivity index (χ0v) is 14.8. The van der Waals surface area contributed by atoms with Gasteiger partial charge in [-0.25, -0.2) is 0 Å². The molecule has 1 aromatic heterocycles. The fraction of sp³-hybridized carbons (Fsp3) is 0.100. The van der Waals surface area contributed by atoms with Gasteiger partial charge in [0, 0.05) is 16.6 Å². The number of hydrogen-bond acceptors (Lipinski definition) is 2. The second-order valence-electron chi connectivity index (χ2n) is 5.51. The van der Waals surface area contributed by atoms with Crippen molar-refractivity contribution >= 4 is 21.8 Å². The molecule has 3 nitrogen and oxygen atoms in total. The molecule has 0 bridgehead atoms. The molecule has 1 heterocycles. The Morgan fingerprint density at radius 3 is 2.33 bits per heavy atom. The average molecular weight is 381 g/mol. The van der Waals surface area contributed by atoms with E-state index in [1.807, 2.05) is 54.7 Å². The Kier molecular flexibility index (Phi) is 5.06. The lowest BCUT2D eigenvalue weighted by Gasteiger charge is -2.11. The molecule has 0 saturated carbocycles. The van der Waals surface area contributed by atoms with Gasteiger partial charge in [-0.05, 0) is 41.4 Å². The van der Waals surface area contributed by atoms with Gasteiger partial charge in [-0.3, -0.25) is 0 Å². The molecule has 1 atom stereocenters. The van der Waals surface area contributed by atoms with Crippen molar-refractivity contribution in [3.8, 4) is 0 Å². The van der Waals surface area contributed by atoms with Gasteiger partial charge in [-0.1, -0.05) is 63.1 Å². The number of rotatable bonds is 4. The topological polar surface area (TPSA) is 39.3 Å². The van der Waals surface area contributed by atoms with E-state index < -0.39 is 0 Å². The molecule has 0 spiro atoms. The molecule has 1 unspecified atom stereocenters. The Labute approximate surface area is 150 Å². The predicted molar refractivity (Wildman–Crippen MR) is 96.7 cm³/mol. The standard InChI is InChI=1S/C20H17BrN2O/c1-15(16-10-12-18(21)13-11-16)19-9-5-6-14-23(19)22-20(24)17-7-3-2-4-8-17/h2-15H,1H3. The summed E-state index contributed by atoms with van der Waals surface area (Å²) in [5.41, 5.74) is 2.71. The number of nitrogens with zero attached hydrogens (tertiary/aromatic N) is 2. The average Bonchev–Trinajstić information content (AvgIpc) is 2.63. The Morgan fingerprint density at radius 1 is 0.958 bits per heavy atom. The van der Waals surface area contributed by atoms with Crippen LogP contribution in [0.3, 0.4) is 0 Å². The molecule has 3 aromatic rings. The number of aromatic nitrogens is 1. The number of halogens is 1. The van der Waals surface area contributed by atoms with E-state index >= 15 is 0 Å². The predicted octanol–water partition coefficient (Wildman–Crippen LogP) is 3.46. The maximum Gasteiger partial charge on any atom is 0.221 e. The van der Waals surface area contributed by atoms with Gasteiger partial charge in [0.05, 0.1) is 11.8 Å². The van der Waals surface area contributed by atoms with Crippen molar-refractivity contribution in [2.75, 3.05) is 0 Å². The lowest BCUT2D eigenvalue weighted by Crippen LogP contribution is -2.38. The van der Waals surface area contributed by atoms with Crippen molar-refractivity contribution in [2.45, 2.75) is 12.8 Å². The molecule has 0 aliphatic heterocycles. The van der Waals surface area contributed by atoms with Crippen molar-refractivity contribution in [3.05, 3.63) is 100 Å². The van der Waals surface area contributed by atoms with Gasteiger partial charge in [-0.2, -0.15) is 0 Å². The molecule has 2 aromatic carbocycles. The zero-order chi connectivity index (χ0) is 16.9. The second kappa shape index (κ2) is 7.41. The third-order valence-corrected chi connectivity index (χ3v) is 4.43. The largest absolute Gasteiger partial charge is 0.854 e. The van der Waals surface area contributed by atoms with Gasteiger partial charge < -0.3 is 5.11 Å². The molecule has 0 aliphatic carbocycles. The minimum Gasteiger partial charge on any atom is -0.854 e. The van der Waals surface area contributed by atoms with Gasteiger partial charge in [0.25, 0.3) is 0 Å². The van der Waals surface area contributed by atoms with Crippen LogP contribution in [0.4, 0.5) is 0 Å². The Morgan fingerprint density at radius 2 is 1.62 bits per heavy atom. The molecule has 0 aliphatic rings. The van der Waals surface area contributed by atoms with Gasteiger partial charge >= 0.3 is 0 Å². The Bertz CT molecular complexity index is 845. The van der Waals surface area contributed by atoms with Crippen LogP contribution in [-0.4, -0.2) is 5.90 Å². The molecule has 4 heteroatoms. The molecule has 24 heavy (non-hydrogen) atoms. The molecule has 120 valence electrons. The molecule has 0 N–H and O–H groups in total. The van der Waals surface area contributed by atoms with E-state index in [9.17, 15) is 5.11 Å².